The summed E-state index contributed by atoms with van der Waals surface area (Å²) in [4.78, 5) is 0. The molecule has 2 N–H and O–H groups in total. The molecule has 0 saturated carbocycles. The first kappa shape index (κ1) is 13.2. The largest absolute Gasteiger partial charge is 0.496 e. The number of β-amino-alcohol motifs (C(OH)–C–C–N with tert-alkyl or cyclic N) is 1. The van der Waals surface area contributed by atoms with E-state index in [1.807, 2.05) is 0 Å². The Hall–Kier alpha value is -0.840. The van der Waals surface area contributed by atoms with Crippen LogP contribution in [0.5, 0.6) is 5.75 Å². The van der Waals surface area contributed by atoms with Gasteiger partial charge in [-0.2, -0.15) is 0 Å². The van der Waals surface area contributed by atoms with Crippen LogP contribution in [0.4, 0.5) is 4.39 Å². The van der Waals surface area contributed by atoms with E-state index < -0.39 is 0 Å². The molecule has 16 heavy (non-hydrogen) atoms. The number of ether oxygens (including phenoxy) is 1. The molecule has 1 heterocycles. The van der Waals surface area contributed by atoms with Crippen molar-refractivity contribution in [2.45, 2.75) is 18.6 Å². The Bertz CT molecular complexity index is 362. The summed E-state index contributed by atoms with van der Waals surface area (Å²) in [6.45, 7) is 0.546. The predicted octanol–water partition coefficient (Wildman–Crippen LogP) is 1.65. The minimum atomic E-state index is -0.358. The molecule has 90 valence electrons. The van der Waals surface area contributed by atoms with Gasteiger partial charge in [0, 0.05) is 18.2 Å². The molecular weight excluding hydrogens is 233 g/mol. The number of halogens is 2. The van der Waals surface area contributed by atoms with Crippen molar-refractivity contribution >= 4 is 12.4 Å². The molecule has 2 unspecified atom stereocenters. The quantitative estimate of drug-likeness (QED) is 0.835. The average molecular weight is 248 g/mol. The number of hydrogen-bond acceptors (Lipinski definition) is 3. The highest BCUT2D eigenvalue weighted by Gasteiger charge is 2.26. The molecule has 5 heteroatoms. The molecule has 0 bridgehead atoms. The van der Waals surface area contributed by atoms with Crippen molar-refractivity contribution in [2.24, 2.45) is 0 Å². The number of rotatable bonds is 2. The van der Waals surface area contributed by atoms with Crippen LogP contribution >= 0.6 is 12.4 Å². The SMILES string of the molecule is COc1ccc(F)cc1C1CC(O)CN1.Cl. The van der Waals surface area contributed by atoms with Gasteiger partial charge in [0.15, 0.2) is 0 Å². The number of hydrogen-bond donors (Lipinski definition) is 2. The van der Waals surface area contributed by atoms with Crippen molar-refractivity contribution < 1.29 is 14.2 Å². The van der Waals surface area contributed by atoms with Crippen molar-refractivity contribution in [2.75, 3.05) is 13.7 Å². The van der Waals surface area contributed by atoms with E-state index in [9.17, 15) is 9.50 Å². The molecule has 1 aromatic rings. The number of nitrogens with one attached hydrogen (secondary N) is 1. The summed E-state index contributed by atoms with van der Waals surface area (Å²) in [6.07, 6.45) is 0.239. The molecule has 1 saturated heterocycles. The maximum Gasteiger partial charge on any atom is 0.123 e. The summed E-state index contributed by atoms with van der Waals surface area (Å²) in [7, 11) is 1.56. The zero-order valence-electron chi connectivity index (χ0n) is 8.94. The van der Waals surface area contributed by atoms with Gasteiger partial charge in [-0.3, -0.25) is 0 Å². The first-order valence-corrected chi connectivity index (χ1v) is 4.95. The van der Waals surface area contributed by atoms with Crippen molar-refractivity contribution in [3.63, 3.8) is 0 Å². The first-order chi connectivity index (χ1) is 7.20. The van der Waals surface area contributed by atoms with Gasteiger partial charge >= 0.3 is 0 Å². The Kier molecular flexibility index (Phi) is 4.53. The van der Waals surface area contributed by atoms with Crippen molar-refractivity contribution in [3.05, 3.63) is 29.6 Å². The molecule has 1 aliphatic rings. The third kappa shape index (κ3) is 2.64. The van der Waals surface area contributed by atoms with Crippen LogP contribution in [0.1, 0.15) is 18.0 Å². The summed E-state index contributed by atoms with van der Waals surface area (Å²) in [5.41, 5.74) is 0.772. The van der Waals surface area contributed by atoms with Gasteiger partial charge in [0.1, 0.15) is 11.6 Å². The molecule has 3 nitrogen and oxygen atoms in total. The van der Waals surface area contributed by atoms with Crippen LogP contribution < -0.4 is 10.1 Å². The van der Waals surface area contributed by atoms with Crippen LogP contribution in [0, 0.1) is 5.82 Å². The molecule has 0 spiro atoms. The van der Waals surface area contributed by atoms with Gasteiger partial charge in [0.25, 0.3) is 0 Å². The van der Waals surface area contributed by atoms with Gasteiger partial charge < -0.3 is 15.2 Å². The summed E-state index contributed by atoms with van der Waals surface area (Å²) in [5.74, 6) is 0.372. The second kappa shape index (κ2) is 5.48. The highest BCUT2D eigenvalue weighted by molar-refractivity contribution is 5.85. The fourth-order valence-corrected chi connectivity index (χ4v) is 1.93. The molecule has 2 atom stereocenters. The maximum absolute atomic E-state index is 13.1. The van der Waals surface area contributed by atoms with E-state index in [4.69, 9.17) is 4.74 Å². The molecule has 1 fully saturated rings. The Morgan fingerprint density at radius 1 is 1.50 bits per heavy atom. The fourth-order valence-electron chi connectivity index (χ4n) is 1.93. The maximum atomic E-state index is 13.1. The average Bonchev–Trinajstić information content (AvgIpc) is 2.65. The summed E-state index contributed by atoms with van der Waals surface area (Å²) in [5, 5.41) is 12.5. The van der Waals surface area contributed by atoms with E-state index in [1.54, 1.807) is 13.2 Å². The fraction of sp³-hybridized carbons (Fsp3) is 0.455. The molecule has 1 aromatic carbocycles. The summed E-state index contributed by atoms with van der Waals surface area (Å²) >= 11 is 0. The van der Waals surface area contributed by atoms with Crippen LogP contribution in [-0.2, 0) is 0 Å². The number of benzene rings is 1. The van der Waals surface area contributed by atoms with Gasteiger partial charge in [-0.25, -0.2) is 4.39 Å². The third-order valence-corrected chi connectivity index (χ3v) is 2.67. The topological polar surface area (TPSA) is 41.5 Å². The minimum Gasteiger partial charge on any atom is -0.496 e. The van der Waals surface area contributed by atoms with Crippen LogP contribution in [0.15, 0.2) is 18.2 Å². The highest BCUT2D eigenvalue weighted by atomic mass is 35.5. The lowest BCUT2D eigenvalue weighted by Crippen LogP contribution is -2.15. The van der Waals surface area contributed by atoms with Gasteiger partial charge in [-0.15, -0.1) is 12.4 Å². The second-order valence-corrected chi connectivity index (χ2v) is 3.74. The lowest BCUT2D eigenvalue weighted by atomic mass is 10.0. The number of methoxy groups -OCH3 is 1. The summed E-state index contributed by atoms with van der Waals surface area (Å²) in [6, 6.07) is 4.41. The molecule has 1 aliphatic heterocycles. The molecule has 0 aliphatic carbocycles. The zero-order valence-corrected chi connectivity index (χ0v) is 9.76. The predicted molar refractivity (Wildman–Crippen MR) is 61.6 cm³/mol. The highest BCUT2D eigenvalue weighted by Crippen LogP contribution is 2.31. The Morgan fingerprint density at radius 3 is 2.81 bits per heavy atom. The summed E-state index contributed by atoms with van der Waals surface area (Å²) < 4.78 is 18.2. The second-order valence-electron chi connectivity index (χ2n) is 3.74. The van der Waals surface area contributed by atoms with Crippen LogP contribution in [0.2, 0.25) is 0 Å². The van der Waals surface area contributed by atoms with E-state index in [1.165, 1.54) is 12.1 Å². The van der Waals surface area contributed by atoms with E-state index in [0.717, 1.165) is 5.56 Å². The van der Waals surface area contributed by atoms with Gasteiger partial charge in [-0.1, -0.05) is 0 Å². The van der Waals surface area contributed by atoms with Crippen LogP contribution in [0.3, 0.4) is 0 Å². The van der Waals surface area contributed by atoms with Crippen LogP contribution in [0.25, 0.3) is 0 Å². The molecular formula is C11H15ClFNO2. The Balaban J connectivity index is 0.00000128. The lowest BCUT2D eigenvalue weighted by Gasteiger charge is -2.14. The first-order valence-electron chi connectivity index (χ1n) is 4.95. The zero-order chi connectivity index (χ0) is 10.8. The third-order valence-electron chi connectivity index (χ3n) is 2.67. The van der Waals surface area contributed by atoms with Crippen molar-refractivity contribution in [1.29, 1.82) is 0 Å². The lowest BCUT2D eigenvalue weighted by molar-refractivity contribution is 0.193. The van der Waals surface area contributed by atoms with E-state index in [-0.39, 0.29) is 30.4 Å². The molecule has 0 radical (unpaired) electrons. The van der Waals surface area contributed by atoms with E-state index in [0.29, 0.717) is 18.7 Å². The minimum absolute atomic E-state index is 0. The Morgan fingerprint density at radius 2 is 2.25 bits per heavy atom. The number of aliphatic hydroxyl groups excluding tert-OH is 1. The monoisotopic (exact) mass is 247 g/mol. The van der Waals surface area contributed by atoms with Crippen molar-refractivity contribution in [3.8, 4) is 5.75 Å². The molecule has 0 amide bonds. The smallest absolute Gasteiger partial charge is 0.123 e. The van der Waals surface area contributed by atoms with Gasteiger partial charge in [0.05, 0.1) is 13.2 Å². The van der Waals surface area contributed by atoms with E-state index in [2.05, 4.69) is 5.32 Å². The van der Waals surface area contributed by atoms with Gasteiger partial charge in [-0.05, 0) is 24.6 Å². The molecule has 2 rings (SSSR count). The normalized spacial score (nSPS) is 23.9. The Labute approximate surface area is 100 Å². The standard InChI is InChI=1S/C11H14FNO2.ClH/c1-15-11-3-2-7(12)4-9(11)10-5-8(14)6-13-10;/h2-4,8,10,13-14H,5-6H2,1H3;1H. The van der Waals surface area contributed by atoms with Crippen LogP contribution in [-0.4, -0.2) is 24.9 Å². The number of aliphatic hydroxyl groups is 1. The molecule has 0 aromatic heterocycles. The van der Waals surface area contributed by atoms with E-state index >= 15 is 0 Å². The van der Waals surface area contributed by atoms with Crippen molar-refractivity contribution in [1.82, 2.24) is 5.32 Å². The van der Waals surface area contributed by atoms with Gasteiger partial charge in [0.2, 0.25) is 0 Å².